The Bertz CT molecular complexity index is 1000. The highest BCUT2D eigenvalue weighted by Gasteiger charge is 2.17. The van der Waals surface area contributed by atoms with Crippen molar-refractivity contribution in [2.24, 2.45) is 0 Å². The van der Waals surface area contributed by atoms with Crippen LogP contribution in [0, 0.1) is 6.92 Å². The predicted molar refractivity (Wildman–Crippen MR) is 109 cm³/mol. The molecule has 0 bridgehead atoms. The Morgan fingerprint density at radius 2 is 1.56 bits per heavy atom. The third kappa shape index (κ3) is 4.80. The fourth-order valence-corrected chi connectivity index (χ4v) is 4.00. The summed E-state index contributed by atoms with van der Waals surface area (Å²) < 4.78 is 33.0. The minimum Gasteiger partial charge on any atom is -0.497 e. The number of hydrogen-bond acceptors (Lipinski definition) is 4. The molecule has 140 valence electrons. The summed E-state index contributed by atoms with van der Waals surface area (Å²) in [6.45, 7) is 2.45. The number of benzene rings is 3. The molecule has 0 aromatic heterocycles. The number of hydrogen-bond donors (Lipinski definition) is 2. The van der Waals surface area contributed by atoms with Crippen LogP contribution in [-0.2, 0) is 16.6 Å². The molecule has 0 fully saturated rings. The molecule has 2 N–H and O–H groups in total. The molecule has 0 heterocycles. The Morgan fingerprint density at radius 1 is 0.889 bits per heavy atom. The molecule has 3 rings (SSSR count). The van der Waals surface area contributed by atoms with E-state index < -0.39 is 10.0 Å². The second-order valence-corrected chi connectivity index (χ2v) is 7.80. The van der Waals surface area contributed by atoms with Crippen LogP contribution in [0.3, 0.4) is 0 Å². The molecular formula is C21H22N2O3S. The Kier molecular flexibility index (Phi) is 5.66. The normalized spacial score (nSPS) is 11.0. The van der Waals surface area contributed by atoms with Gasteiger partial charge in [0.05, 0.1) is 12.0 Å². The zero-order chi connectivity index (χ0) is 19.3. The van der Waals surface area contributed by atoms with E-state index in [4.69, 9.17) is 4.74 Å². The predicted octanol–water partition coefficient (Wildman–Crippen LogP) is 4.42. The van der Waals surface area contributed by atoms with Crippen LogP contribution in [-0.4, -0.2) is 15.5 Å². The minimum atomic E-state index is -3.66. The molecule has 0 aliphatic rings. The fourth-order valence-electron chi connectivity index (χ4n) is 2.72. The molecule has 0 atom stereocenters. The van der Waals surface area contributed by atoms with Gasteiger partial charge in [0.25, 0.3) is 10.0 Å². The Labute approximate surface area is 160 Å². The van der Waals surface area contributed by atoms with E-state index >= 15 is 0 Å². The van der Waals surface area contributed by atoms with Gasteiger partial charge in [-0.2, -0.15) is 0 Å². The average Bonchev–Trinajstić information content (AvgIpc) is 2.67. The van der Waals surface area contributed by atoms with Crippen LogP contribution in [0.1, 0.15) is 11.1 Å². The molecule has 0 aliphatic carbocycles. The van der Waals surface area contributed by atoms with Crippen molar-refractivity contribution in [3.05, 3.63) is 83.9 Å². The molecule has 27 heavy (non-hydrogen) atoms. The van der Waals surface area contributed by atoms with Crippen molar-refractivity contribution < 1.29 is 13.2 Å². The van der Waals surface area contributed by atoms with Gasteiger partial charge in [0, 0.05) is 17.9 Å². The van der Waals surface area contributed by atoms with Gasteiger partial charge in [-0.15, -0.1) is 0 Å². The van der Waals surface area contributed by atoms with Gasteiger partial charge in [0.1, 0.15) is 5.75 Å². The topological polar surface area (TPSA) is 67.4 Å². The van der Waals surface area contributed by atoms with Gasteiger partial charge in [-0.1, -0.05) is 30.3 Å². The van der Waals surface area contributed by atoms with E-state index in [1.54, 1.807) is 44.4 Å². The van der Waals surface area contributed by atoms with Crippen LogP contribution < -0.4 is 14.8 Å². The van der Waals surface area contributed by atoms with Crippen LogP contribution in [0.15, 0.2) is 77.7 Å². The van der Waals surface area contributed by atoms with Crippen molar-refractivity contribution in [1.29, 1.82) is 0 Å². The number of ether oxygens (including phenoxy) is 1. The number of aryl methyl sites for hydroxylation is 1. The first-order valence-electron chi connectivity index (χ1n) is 8.53. The van der Waals surface area contributed by atoms with Gasteiger partial charge < -0.3 is 10.1 Å². The summed E-state index contributed by atoms with van der Waals surface area (Å²) in [5.74, 6) is 0.625. The molecule has 0 saturated carbocycles. The van der Waals surface area contributed by atoms with Crippen molar-refractivity contribution in [2.75, 3.05) is 17.1 Å². The molecule has 0 spiro atoms. The quantitative estimate of drug-likeness (QED) is 0.635. The SMILES string of the molecule is COc1ccc(S(=O)(=O)Nc2ccc(NCc3ccccc3)cc2)c(C)c1. The van der Waals surface area contributed by atoms with Gasteiger partial charge in [-0.25, -0.2) is 8.42 Å². The van der Waals surface area contributed by atoms with Crippen LogP contribution in [0.25, 0.3) is 0 Å². The van der Waals surface area contributed by atoms with E-state index in [0.29, 0.717) is 23.5 Å². The average molecular weight is 382 g/mol. The summed E-state index contributed by atoms with van der Waals surface area (Å²) in [6.07, 6.45) is 0. The van der Waals surface area contributed by atoms with Crippen molar-refractivity contribution in [1.82, 2.24) is 0 Å². The molecule has 0 unspecified atom stereocenters. The maximum Gasteiger partial charge on any atom is 0.262 e. The van der Waals surface area contributed by atoms with Crippen molar-refractivity contribution in [2.45, 2.75) is 18.4 Å². The lowest BCUT2D eigenvalue weighted by Crippen LogP contribution is -2.14. The lowest BCUT2D eigenvalue weighted by atomic mass is 10.2. The first-order valence-corrected chi connectivity index (χ1v) is 10.0. The highest BCUT2D eigenvalue weighted by Crippen LogP contribution is 2.24. The highest BCUT2D eigenvalue weighted by molar-refractivity contribution is 7.92. The second-order valence-electron chi connectivity index (χ2n) is 6.15. The van der Waals surface area contributed by atoms with E-state index in [1.165, 1.54) is 5.56 Å². The van der Waals surface area contributed by atoms with Gasteiger partial charge in [-0.3, -0.25) is 4.72 Å². The van der Waals surface area contributed by atoms with Crippen LogP contribution in [0.5, 0.6) is 5.75 Å². The first kappa shape index (κ1) is 18.8. The Morgan fingerprint density at radius 3 is 2.19 bits per heavy atom. The van der Waals surface area contributed by atoms with Gasteiger partial charge >= 0.3 is 0 Å². The molecule has 6 heteroatoms. The van der Waals surface area contributed by atoms with Crippen LogP contribution >= 0.6 is 0 Å². The first-order chi connectivity index (χ1) is 13.0. The van der Waals surface area contributed by atoms with Crippen LogP contribution in [0.4, 0.5) is 11.4 Å². The van der Waals surface area contributed by atoms with Gasteiger partial charge in [0.15, 0.2) is 0 Å². The van der Waals surface area contributed by atoms with Crippen LogP contribution in [0.2, 0.25) is 0 Å². The van der Waals surface area contributed by atoms with Gasteiger partial charge in [0.2, 0.25) is 0 Å². The molecule has 0 radical (unpaired) electrons. The highest BCUT2D eigenvalue weighted by atomic mass is 32.2. The van der Waals surface area contributed by atoms with Crippen molar-refractivity contribution in [3.8, 4) is 5.75 Å². The lowest BCUT2D eigenvalue weighted by Gasteiger charge is -2.12. The Hall–Kier alpha value is -2.99. The van der Waals surface area contributed by atoms with Crippen molar-refractivity contribution in [3.63, 3.8) is 0 Å². The maximum absolute atomic E-state index is 12.7. The zero-order valence-electron chi connectivity index (χ0n) is 15.3. The number of nitrogens with one attached hydrogen (secondary N) is 2. The van der Waals surface area contributed by atoms with E-state index in [1.807, 2.05) is 42.5 Å². The fraction of sp³-hybridized carbons (Fsp3) is 0.143. The number of rotatable bonds is 7. The maximum atomic E-state index is 12.7. The summed E-state index contributed by atoms with van der Waals surface area (Å²) in [7, 11) is -2.11. The molecular weight excluding hydrogens is 360 g/mol. The third-order valence-electron chi connectivity index (χ3n) is 4.15. The van der Waals surface area contributed by atoms with Crippen molar-refractivity contribution >= 4 is 21.4 Å². The smallest absolute Gasteiger partial charge is 0.262 e. The summed E-state index contributed by atoms with van der Waals surface area (Å²) in [5.41, 5.74) is 3.23. The van der Waals surface area contributed by atoms with E-state index in [9.17, 15) is 8.42 Å². The molecule has 0 saturated heterocycles. The second kappa shape index (κ2) is 8.14. The largest absolute Gasteiger partial charge is 0.497 e. The number of anilines is 2. The third-order valence-corrected chi connectivity index (χ3v) is 5.69. The van der Waals surface area contributed by atoms with Gasteiger partial charge in [-0.05, 0) is 60.5 Å². The molecule has 5 nitrogen and oxygen atoms in total. The number of sulfonamides is 1. The number of methoxy groups -OCH3 is 1. The van der Waals surface area contributed by atoms with E-state index in [-0.39, 0.29) is 4.90 Å². The Balaban J connectivity index is 1.68. The monoisotopic (exact) mass is 382 g/mol. The summed E-state index contributed by atoms with van der Waals surface area (Å²) in [6, 6.07) is 22.1. The summed E-state index contributed by atoms with van der Waals surface area (Å²) in [5, 5.41) is 3.31. The zero-order valence-corrected chi connectivity index (χ0v) is 16.1. The molecule has 0 amide bonds. The molecule has 3 aromatic carbocycles. The minimum absolute atomic E-state index is 0.231. The summed E-state index contributed by atoms with van der Waals surface area (Å²) in [4.78, 5) is 0.231. The molecule has 0 aliphatic heterocycles. The standard InChI is InChI=1S/C21H22N2O3S/c1-16-14-20(26-2)12-13-21(16)27(24,25)23-19-10-8-18(9-11-19)22-15-17-6-4-3-5-7-17/h3-14,22-23H,15H2,1-2H3. The van der Waals surface area contributed by atoms with E-state index in [0.717, 1.165) is 5.69 Å². The summed E-state index contributed by atoms with van der Waals surface area (Å²) >= 11 is 0. The van der Waals surface area contributed by atoms with E-state index in [2.05, 4.69) is 10.0 Å². The lowest BCUT2D eigenvalue weighted by molar-refractivity contribution is 0.414. The molecule has 3 aromatic rings.